The molecule has 0 spiro atoms. The number of nitrogen functional groups attached to an aromatic ring is 1. The van der Waals surface area contributed by atoms with Gasteiger partial charge in [-0.3, -0.25) is 4.79 Å². The molecule has 0 saturated carbocycles. The number of nitrogens with zero attached hydrogens (tertiary/aromatic N) is 2. The smallest absolute Gasteiger partial charge is 0.250 e. The van der Waals surface area contributed by atoms with Crippen LogP contribution in [-0.2, 0) is 6.54 Å². The van der Waals surface area contributed by atoms with Gasteiger partial charge in [0.05, 0.1) is 0 Å². The Morgan fingerprint density at radius 1 is 1.30 bits per heavy atom. The van der Waals surface area contributed by atoms with Gasteiger partial charge in [0.25, 0.3) is 5.56 Å². The third kappa shape index (κ3) is 4.56. The van der Waals surface area contributed by atoms with Crippen LogP contribution in [0.5, 0.6) is 0 Å². The van der Waals surface area contributed by atoms with Gasteiger partial charge in [-0.05, 0) is 32.0 Å². The number of pyridine rings is 1. The Bertz CT molecular complexity index is 498. The molecule has 0 aromatic carbocycles. The van der Waals surface area contributed by atoms with Crippen LogP contribution >= 0.6 is 11.8 Å². The first kappa shape index (κ1) is 15.4. The Morgan fingerprint density at radius 3 is 2.90 bits per heavy atom. The second-order valence-electron chi connectivity index (χ2n) is 6.05. The van der Waals surface area contributed by atoms with Crippen LogP contribution in [0.4, 0.5) is 5.69 Å². The standard InChI is InChI=1S/C15H25N3OS/c1-15(2)6-9-17(10-11-20-15)7-3-8-18-12-13(16)4-5-14(18)19/h4-5,12H,3,6-11,16H2,1-2H3. The highest BCUT2D eigenvalue weighted by Gasteiger charge is 2.23. The van der Waals surface area contributed by atoms with E-state index in [1.807, 2.05) is 0 Å². The summed E-state index contributed by atoms with van der Waals surface area (Å²) in [7, 11) is 0. The highest BCUT2D eigenvalue weighted by atomic mass is 32.2. The molecule has 1 aliphatic heterocycles. The first-order chi connectivity index (χ1) is 9.46. The second-order valence-corrected chi connectivity index (χ2v) is 7.85. The lowest BCUT2D eigenvalue weighted by Gasteiger charge is -2.22. The molecule has 1 aliphatic rings. The lowest BCUT2D eigenvalue weighted by atomic mass is 10.1. The number of aromatic nitrogens is 1. The maximum Gasteiger partial charge on any atom is 0.250 e. The number of hydrogen-bond donors (Lipinski definition) is 1. The summed E-state index contributed by atoms with van der Waals surface area (Å²) in [4.78, 5) is 14.2. The summed E-state index contributed by atoms with van der Waals surface area (Å²) >= 11 is 2.07. The van der Waals surface area contributed by atoms with Gasteiger partial charge in [-0.2, -0.15) is 11.8 Å². The van der Waals surface area contributed by atoms with Gasteiger partial charge in [0.1, 0.15) is 0 Å². The highest BCUT2D eigenvalue weighted by molar-refractivity contribution is 8.00. The van der Waals surface area contributed by atoms with E-state index in [2.05, 4.69) is 30.5 Å². The maximum atomic E-state index is 11.7. The number of nitrogens with two attached hydrogens (primary N) is 1. The van der Waals surface area contributed by atoms with Crippen LogP contribution in [0, 0.1) is 0 Å². The molecule has 112 valence electrons. The quantitative estimate of drug-likeness (QED) is 0.923. The van der Waals surface area contributed by atoms with Crippen LogP contribution in [0.15, 0.2) is 23.1 Å². The molecule has 20 heavy (non-hydrogen) atoms. The van der Waals surface area contributed by atoms with Gasteiger partial charge in [-0.25, -0.2) is 0 Å². The van der Waals surface area contributed by atoms with E-state index in [9.17, 15) is 4.79 Å². The third-order valence-electron chi connectivity index (χ3n) is 3.81. The molecule has 0 amide bonds. The molecule has 1 aromatic heterocycles. The van der Waals surface area contributed by atoms with Gasteiger partial charge in [-0.1, -0.05) is 13.8 Å². The third-order valence-corrected chi connectivity index (χ3v) is 5.18. The van der Waals surface area contributed by atoms with Crippen LogP contribution in [0.1, 0.15) is 26.7 Å². The monoisotopic (exact) mass is 295 g/mol. The van der Waals surface area contributed by atoms with Crippen molar-refractivity contribution in [3.8, 4) is 0 Å². The zero-order valence-electron chi connectivity index (χ0n) is 12.5. The van der Waals surface area contributed by atoms with Crippen molar-refractivity contribution in [3.63, 3.8) is 0 Å². The van der Waals surface area contributed by atoms with Crippen molar-refractivity contribution < 1.29 is 0 Å². The minimum atomic E-state index is 0.0340. The van der Waals surface area contributed by atoms with E-state index in [1.54, 1.807) is 22.9 Å². The largest absolute Gasteiger partial charge is 0.398 e. The summed E-state index contributed by atoms with van der Waals surface area (Å²) in [5.41, 5.74) is 6.40. The molecule has 2 rings (SSSR count). The van der Waals surface area contributed by atoms with E-state index in [1.165, 1.54) is 12.2 Å². The summed E-state index contributed by atoms with van der Waals surface area (Å²) in [5.74, 6) is 1.20. The fraction of sp³-hybridized carbons (Fsp3) is 0.667. The molecule has 0 aliphatic carbocycles. The first-order valence-electron chi connectivity index (χ1n) is 7.29. The zero-order valence-corrected chi connectivity index (χ0v) is 13.3. The van der Waals surface area contributed by atoms with Crippen LogP contribution in [0.25, 0.3) is 0 Å². The Balaban J connectivity index is 1.81. The summed E-state index contributed by atoms with van der Waals surface area (Å²) in [6.07, 6.45) is 3.97. The molecule has 1 fully saturated rings. The molecule has 5 heteroatoms. The average Bonchev–Trinajstić information content (AvgIpc) is 2.55. The molecule has 2 heterocycles. The number of thioether (sulfide) groups is 1. The van der Waals surface area contributed by atoms with Gasteiger partial charge in [0, 0.05) is 41.5 Å². The summed E-state index contributed by atoms with van der Waals surface area (Å²) in [5, 5.41) is 0. The molecule has 2 N–H and O–H groups in total. The predicted octanol–water partition coefficient (Wildman–Crippen LogP) is 2.04. The van der Waals surface area contributed by atoms with Crippen molar-refractivity contribution in [3.05, 3.63) is 28.7 Å². The molecular formula is C15H25N3OS. The number of anilines is 1. The molecule has 1 saturated heterocycles. The molecule has 0 atom stereocenters. The van der Waals surface area contributed by atoms with Crippen molar-refractivity contribution >= 4 is 17.4 Å². The molecule has 0 bridgehead atoms. The van der Waals surface area contributed by atoms with E-state index in [0.717, 1.165) is 32.6 Å². The van der Waals surface area contributed by atoms with Crippen molar-refractivity contribution in [2.75, 3.05) is 31.1 Å². The fourth-order valence-electron chi connectivity index (χ4n) is 2.48. The van der Waals surface area contributed by atoms with Gasteiger partial charge in [0.15, 0.2) is 0 Å². The van der Waals surface area contributed by atoms with Gasteiger partial charge in [-0.15, -0.1) is 0 Å². The van der Waals surface area contributed by atoms with Crippen molar-refractivity contribution in [1.29, 1.82) is 0 Å². The minimum Gasteiger partial charge on any atom is -0.398 e. The summed E-state index contributed by atoms with van der Waals surface area (Å²) in [6, 6.07) is 3.20. The minimum absolute atomic E-state index is 0.0340. The van der Waals surface area contributed by atoms with Crippen LogP contribution in [0.3, 0.4) is 0 Å². The van der Waals surface area contributed by atoms with E-state index in [-0.39, 0.29) is 5.56 Å². The molecule has 4 nitrogen and oxygen atoms in total. The maximum absolute atomic E-state index is 11.7. The van der Waals surface area contributed by atoms with Crippen molar-refractivity contribution in [2.24, 2.45) is 0 Å². The lowest BCUT2D eigenvalue weighted by Crippen LogP contribution is -2.30. The highest BCUT2D eigenvalue weighted by Crippen LogP contribution is 2.30. The van der Waals surface area contributed by atoms with E-state index in [0.29, 0.717) is 10.4 Å². The van der Waals surface area contributed by atoms with Gasteiger partial charge in [0.2, 0.25) is 0 Å². The number of rotatable bonds is 4. The van der Waals surface area contributed by atoms with Gasteiger partial charge >= 0.3 is 0 Å². The number of hydrogen-bond acceptors (Lipinski definition) is 4. The molecular weight excluding hydrogens is 270 g/mol. The lowest BCUT2D eigenvalue weighted by molar-refractivity contribution is 0.275. The van der Waals surface area contributed by atoms with Crippen LogP contribution in [0.2, 0.25) is 0 Å². The summed E-state index contributed by atoms with van der Waals surface area (Å²) < 4.78 is 2.12. The van der Waals surface area contributed by atoms with Crippen molar-refractivity contribution in [1.82, 2.24) is 9.47 Å². The molecule has 0 unspecified atom stereocenters. The first-order valence-corrected chi connectivity index (χ1v) is 8.27. The fourth-order valence-corrected chi connectivity index (χ4v) is 3.61. The average molecular weight is 295 g/mol. The van der Waals surface area contributed by atoms with Crippen LogP contribution in [-0.4, -0.2) is 39.6 Å². The zero-order chi connectivity index (χ0) is 14.6. The topological polar surface area (TPSA) is 51.3 Å². The SMILES string of the molecule is CC1(C)CCN(CCCn2cc(N)ccc2=O)CCS1. The molecule has 1 aromatic rings. The normalized spacial score (nSPS) is 19.7. The summed E-state index contributed by atoms with van der Waals surface area (Å²) in [6.45, 7) is 8.77. The van der Waals surface area contributed by atoms with Crippen LogP contribution < -0.4 is 11.3 Å². The van der Waals surface area contributed by atoms with E-state index in [4.69, 9.17) is 5.73 Å². The van der Waals surface area contributed by atoms with Crippen molar-refractivity contribution in [2.45, 2.75) is 38.0 Å². The number of aryl methyl sites for hydroxylation is 1. The Hall–Kier alpha value is -0.940. The van der Waals surface area contributed by atoms with Gasteiger partial charge < -0.3 is 15.2 Å². The Kier molecular flexibility index (Phi) is 5.16. The Labute approximate surface area is 125 Å². The van der Waals surface area contributed by atoms with E-state index < -0.39 is 0 Å². The Morgan fingerprint density at radius 2 is 2.10 bits per heavy atom. The van der Waals surface area contributed by atoms with E-state index >= 15 is 0 Å². The second kappa shape index (κ2) is 6.68. The predicted molar refractivity (Wildman–Crippen MR) is 87.3 cm³/mol. The molecule has 0 radical (unpaired) electrons.